The Labute approximate surface area is 116 Å². The Balaban J connectivity index is 1.84. The van der Waals surface area contributed by atoms with Crippen molar-refractivity contribution < 1.29 is 14.6 Å². The first-order valence-corrected chi connectivity index (χ1v) is 7.11. The molecule has 0 radical (unpaired) electrons. The molecule has 1 N–H and O–H groups in total. The number of benzene rings is 1. The Bertz CT molecular complexity index is 461. The number of hydrogen-bond acceptors (Lipinski definition) is 4. The Hall–Kier alpha value is -1.33. The van der Waals surface area contributed by atoms with Crippen molar-refractivity contribution in [3.05, 3.63) is 35.9 Å². The van der Waals surface area contributed by atoms with Gasteiger partial charge in [0, 0.05) is 6.04 Å². The largest absolute Gasteiger partial charge is 0.480 e. The number of thioether (sulfide) groups is 1. The highest BCUT2D eigenvalue weighted by molar-refractivity contribution is 8.15. The van der Waals surface area contributed by atoms with E-state index >= 15 is 0 Å². The van der Waals surface area contributed by atoms with Crippen LogP contribution in [0, 0.1) is 0 Å². The van der Waals surface area contributed by atoms with E-state index in [9.17, 15) is 4.79 Å². The van der Waals surface area contributed by atoms with Crippen LogP contribution in [0.4, 0.5) is 0 Å². The second kappa shape index (κ2) is 6.73. The molecule has 1 heterocycles. The van der Waals surface area contributed by atoms with Crippen LogP contribution in [0.3, 0.4) is 0 Å². The molecule has 0 spiro atoms. The molecule has 1 aliphatic rings. The quantitative estimate of drug-likeness (QED) is 0.900. The van der Waals surface area contributed by atoms with Gasteiger partial charge in [0.2, 0.25) is 0 Å². The second-order valence-corrected chi connectivity index (χ2v) is 5.81. The van der Waals surface area contributed by atoms with Crippen LogP contribution in [0.2, 0.25) is 0 Å². The topological polar surface area (TPSA) is 58.9 Å². The van der Waals surface area contributed by atoms with Gasteiger partial charge in [-0.2, -0.15) is 0 Å². The Morgan fingerprint density at radius 1 is 1.42 bits per heavy atom. The zero-order chi connectivity index (χ0) is 13.7. The fraction of sp³-hybridized carbons (Fsp3) is 0.429. The number of carboxylic acids is 1. The van der Waals surface area contributed by atoms with Crippen LogP contribution >= 0.6 is 11.8 Å². The molecule has 0 aromatic heterocycles. The molecule has 2 rings (SSSR count). The zero-order valence-electron chi connectivity index (χ0n) is 10.8. The average Bonchev–Trinajstić information content (AvgIpc) is 2.39. The highest BCUT2D eigenvalue weighted by atomic mass is 32.2. The van der Waals surface area contributed by atoms with Crippen molar-refractivity contribution in [2.45, 2.75) is 31.2 Å². The number of hydrogen-bond donors (Lipinski definition) is 1. The van der Waals surface area contributed by atoms with Crippen LogP contribution in [0.5, 0.6) is 0 Å². The van der Waals surface area contributed by atoms with Gasteiger partial charge in [0.1, 0.15) is 5.25 Å². The number of carbonyl (C=O) groups is 1. The van der Waals surface area contributed by atoms with E-state index in [0.717, 1.165) is 10.6 Å². The van der Waals surface area contributed by atoms with Gasteiger partial charge in [-0.15, -0.1) is 0 Å². The summed E-state index contributed by atoms with van der Waals surface area (Å²) in [4.78, 5) is 15.5. The van der Waals surface area contributed by atoms with Crippen LogP contribution < -0.4 is 0 Å². The summed E-state index contributed by atoms with van der Waals surface area (Å²) in [5, 5.41) is 9.44. The summed E-state index contributed by atoms with van der Waals surface area (Å²) in [5.41, 5.74) is 1.10. The molecule has 2 atom stereocenters. The molecule has 2 unspecified atom stereocenters. The highest BCUT2D eigenvalue weighted by Crippen LogP contribution is 2.26. The zero-order valence-corrected chi connectivity index (χ0v) is 11.6. The van der Waals surface area contributed by atoms with Crippen LogP contribution in [0.15, 0.2) is 35.3 Å². The average molecular weight is 279 g/mol. The minimum Gasteiger partial charge on any atom is -0.480 e. The first-order chi connectivity index (χ1) is 9.15. The Morgan fingerprint density at radius 2 is 2.16 bits per heavy atom. The van der Waals surface area contributed by atoms with Crippen LogP contribution in [0.25, 0.3) is 0 Å². The molecule has 0 amide bonds. The van der Waals surface area contributed by atoms with E-state index in [1.54, 1.807) is 0 Å². The van der Waals surface area contributed by atoms with Crippen molar-refractivity contribution in [3.8, 4) is 0 Å². The summed E-state index contributed by atoms with van der Waals surface area (Å²) in [6, 6.07) is 9.95. The van der Waals surface area contributed by atoms with Crippen LogP contribution in [-0.4, -0.2) is 34.0 Å². The third kappa shape index (κ3) is 4.36. The van der Waals surface area contributed by atoms with Crippen molar-refractivity contribution in [1.29, 1.82) is 0 Å². The smallest absolute Gasteiger partial charge is 0.317 e. The van der Waals surface area contributed by atoms with Crippen molar-refractivity contribution >= 4 is 22.8 Å². The maximum atomic E-state index is 11.0. The molecule has 0 saturated heterocycles. The van der Waals surface area contributed by atoms with Crippen LogP contribution in [0.1, 0.15) is 18.9 Å². The van der Waals surface area contributed by atoms with Gasteiger partial charge in [-0.3, -0.25) is 9.79 Å². The predicted octanol–water partition coefficient (Wildman–Crippen LogP) is 2.58. The molecule has 0 bridgehead atoms. The molecule has 0 saturated carbocycles. The molecule has 1 aromatic rings. The van der Waals surface area contributed by atoms with E-state index in [1.807, 2.05) is 37.3 Å². The summed E-state index contributed by atoms with van der Waals surface area (Å²) < 4.78 is 5.59. The summed E-state index contributed by atoms with van der Waals surface area (Å²) in [6.07, 6.45) is 0.586. The van der Waals surface area contributed by atoms with Gasteiger partial charge in [0.05, 0.1) is 18.3 Å². The lowest BCUT2D eigenvalue weighted by Gasteiger charge is -2.22. The van der Waals surface area contributed by atoms with Crippen molar-refractivity contribution in [2.24, 2.45) is 4.99 Å². The fourth-order valence-electron chi connectivity index (χ4n) is 1.90. The molecule has 19 heavy (non-hydrogen) atoms. The van der Waals surface area contributed by atoms with E-state index in [4.69, 9.17) is 9.84 Å². The first kappa shape index (κ1) is 14.1. The molecule has 102 valence electrons. The summed E-state index contributed by atoms with van der Waals surface area (Å²) in [7, 11) is 0. The number of aliphatic imine (C=N–C) groups is 1. The number of aliphatic carboxylic acids is 1. The summed E-state index contributed by atoms with van der Waals surface area (Å²) in [5.74, 6) is -0.771. The monoisotopic (exact) mass is 279 g/mol. The van der Waals surface area contributed by atoms with E-state index in [1.165, 1.54) is 11.8 Å². The normalized spacial score (nSPS) is 22.9. The summed E-state index contributed by atoms with van der Waals surface area (Å²) in [6.45, 7) is 2.84. The molecule has 0 aliphatic carbocycles. The van der Waals surface area contributed by atoms with E-state index < -0.39 is 11.2 Å². The van der Waals surface area contributed by atoms with Gasteiger partial charge in [-0.1, -0.05) is 42.1 Å². The standard InChI is InChI=1S/C14H17NO3S/c1-10-7-12(14(16)17)19-13(15-10)9-18-8-11-5-3-2-4-6-11/h2-6,10,12H,7-9H2,1H3,(H,16,17). The van der Waals surface area contributed by atoms with Crippen molar-refractivity contribution in [1.82, 2.24) is 0 Å². The number of ether oxygens (including phenoxy) is 1. The SMILES string of the molecule is CC1CC(C(=O)O)SC(COCc2ccccc2)=N1. The lowest BCUT2D eigenvalue weighted by Crippen LogP contribution is -2.28. The number of nitrogens with zero attached hydrogens (tertiary/aromatic N) is 1. The second-order valence-electron chi connectivity index (χ2n) is 4.53. The highest BCUT2D eigenvalue weighted by Gasteiger charge is 2.27. The summed E-state index contributed by atoms with van der Waals surface area (Å²) >= 11 is 1.30. The molecular formula is C14H17NO3S. The molecule has 5 heteroatoms. The third-order valence-corrected chi connectivity index (χ3v) is 3.98. The minimum absolute atomic E-state index is 0.0534. The first-order valence-electron chi connectivity index (χ1n) is 6.23. The van der Waals surface area contributed by atoms with Gasteiger partial charge < -0.3 is 9.84 Å². The van der Waals surface area contributed by atoms with Gasteiger partial charge in [0.15, 0.2) is 0 Å². The minimum atomic E-state index is -0.771. The maximum absolute atomic E-state index is 11.0. The predicted molar refractivity (Wildman–Crippen MR) is 76.6 cm³/mol. The van der Waals surface area contributed by atoms with E-state index in [0.29, 0.717) is 19.6 Å². The lowest BCUT2D eigenvalue weighted by molar-refractivity contribution is -0.136. The maximum Gasteiger partial charge on any atom is 0.317 e. The Morgan fingerprint density at radius 3 is 2.84 bits per heavy atom. The van der Waals surface area contributed by atoms with Crippen LogP contribution in [-0.2, 0) is 16.1 Å². The fourth-order valence-corrected chi connectivity index (χ4v) is 3.10. The van der Waals surface area contributed by atoms with E-state index in [2.05, 4.69) is 4.99 Å². The molecule has 0 fully saturated rings. The molecule has 4 nitrogen and oxygen atoms in total. The number of rotatable bonds is 5. The van der Waals surface area contributed by atoms with Crippen molar-refractivity contribution in [3.63, 3.8) is 0 Å². The Kier molecular flexibility index (Phi) is 4.99. The molecule has 1 aromatic carbocycles. The van der Waals surface area contributed by atoms with Gasteiger partial charge >= 0.3 is 5.97 Å². The molecule has 1 aliphatic heterocycles. The number of carboxylic acid groups (broad SMARTS) is 1. The third-order valence-electron chi connectivity index (χ3n) is 2.81. The van der Waals surface area contributed by atoms with Crippen molar-refractivity contribution in [2.75, 3.05) is 6.61 Å². The van der Waals surface area contributed by atoms with Gasteiger partial charge in [0.25, 0.3) is 0 Å². The van der Waals surface area contributed by atoms with Gasteiger partial charge in [-0.05, 0) is 18.9 Å². The van der Waals surface area contributed by atoms with E-state index in [-0.39, 0.29) is 6.04 Å². The lowest BCUT2D eigenvalue weighted by atomic mass is 10.2. The molecular weight excluding hydrogens is 262 g/mol. The van der Waals surface area contributed by atoms with Gasteiger partial charge in [-0.25, -0.2) is 0 Å².